The molecule has 2 rings (SSSR count). The first-order valence-electron chi connectivity index (χ1n) is 11.3. The number of hydrogen-bond acceptors (Lipinski definition) is 1. The topological polar surface area (TPSA) is 22.0 Å². The minimum atomic E-state index is 0.161. The van der Waals surface area contributed by atoms with Gasteiger partial charge in [0.15, 0.2) is 5.43 Å². The molecule has 2 heteroatoms. The lowest BCUT2D eigenvalue weighted by atomic mass is 10.0. The highest BCUT2D eigenvalue weighted by atomic mass is 16.1. The molecule has 2 nitrogen and oxygen atoms in total. The van der Waals surface area contributed by atoms with Crippen LogP contribution < -0.4 is 5.43 Å². The predicted octanol–water partition coefficient (Wildman–Crippen LogP) is 7.17. The molecule has 0 spiro atoms. The van der Waals surface area contributed by atoms with Crippen LogP contribution in [0.25, 0.3) is 10.9 Å². The first-order valence-corrected chi connectivity index (χ1v) is 11.3. The number of aromatic nitrogens is 1. The highest BCUT2D eigenvalue weighted by Gasteiger charge is 2.05. The first-order chi connectivity index (χ1) is 13.2. The van der Waals surface area contributed by atoms with E-state index in [0.717, 1.165) is 17.3 Å². The van der Waals surface area contributed by atoms with Crippen molar-refractivity contribution >= 4 is 10.9 Å². The number of nitrogens with zero attached hydrogens (tertiary/aromatic N) is 1. The SMILES string of the molecule is CCCCCCCCCCCCCCCc1cc(=O)c2ccccc2n1C. The van der Waals surface area contributed by atoms with Crippen LogP contribution in [0.15, 0.2) is 35.1 Å². The first kappa shape index (κ1) is 21.7. The highest BCUT2D eigenvalue weighted by Crippen LogP contribution is 2.15. The van der Waals surface area contributed by atoms with Crippen molar-refractivity contribution in [2.24, 2.45) is 7.05 Å². The van der Waals surface area contributed by atoms with E-state index >= 15 is 0 Å². The molecule has 0 N–H and O–H groups in total. The molecule has 0 aliphatic rings. The molecule has 1 aromatic heterocycles. The zero-order valence-corrected chi connectivity index (χ0v) is 17.6. The Labute approximate surface area is 166 Å². The van der Waals surface area contributed by atoms with Crippen LogP contribution in [0.5, 0.6) is 0 Å². The van der Waals surface area contributed by atoms with Gasteiger partial charge in [-0.15, -0.1) is 0 Å². The Morgan fingerprint density at radius 1 is 0.741 bits per heavy atom. The Morgan fingerprint density at radius 2 is 1.26 bits per heavy atom. The van der Waals surface area contributed by atoms with Crippen molar-refractivity contribution in [3.05, 3.63) is 46.2 Å². The van der Waals surface area contributed by atoms with Gasteiger partial charge in [0.25, 0.3) is 0 Å². The summed E-state index contributed by atoms with van der Waals surface area (Å²) in [5, 5.41) is 0.828. The smallest absolute Gasteiger partial charge is 0.189 e. The van der Waals surface area contributed by atoms with Crippen molar-refractivity contribution in [3.8, 4) is 0 Å². The second kappa shape index (κ2) is 12.8. The van der Waals surface area contributed by atoms with E-state index < -0.39 is 0 Å². The van der Waals surface area contributed by atoms with Gasteiger partial charge >= 0.3 is 0 Å². The molecule has 0 bridgehead atoms. The molecule has 1 heterocycles. The Kier molecular flexibility index (Phi) is 10.3. The van der Waals surface area contributed by atoms with E-state index in [4.69, 9.17) is 0 Å². The highest BCUT2D eigenvalue weighted by molar-refractivity contribution is 5.79. The summed E-state index contributed by atoms with van der Waals surface area (Å²) in [7, 11) is 2.08. The summed E-state index contributed by atoms with van der Waals surface area (Å²) in [4.78, 5) is 12.3. The van der Waals surface area contributed by atoms with Crippen LogP contribution in [0.3, 0.4) is 0 Å². The fourth-order valence-corrected chi connectivity index (χ4v) is 4.02. The lowest BCUT2D eigenvalue weighted by Crippen LogP contribution is -2.11. The molecule has 0 amide bonds. The zero-order chi connectivity index (χ0) is 19.3. The zero-order valence-electron chi connectivity index (χ0n) is 17.6. The summed E-state index contributed by atoms with van der Waals surface area (Å²) in [6.07, 6.45) is 18.9. The van der Waals surface area contributed by atoms with Gasteiger partial charge in [-0.2, -0.15) is 0 Å². The molecule has 0 aliphatic carbocycles. The average Bonchev–Trinajstić information content (AvgIpc) is 2.69. The van der Waals surface area contributed by atoms with Crippen molar-refractivity contribution in [1.82, 2.24) is 4.57 Å². The molecule has 0 atom stereocenters. The van der Waals surface area contributed by atoms with E-state index in [1.165, 1.54) is 89.2 Å². The van der Waals surface area contributed by atoms with E-state index in [2.05, 4.69) is 18.5 Å². The van der Waals surface area contributed by atoms with E-state index in [1.807, 2.05) is 30.3 Å². The second-order valence-corrected chi connectivity index (χ2v) is 8.07. The minimum Gasteiger partial charge on any atom is -0.347 e. The van der Waals surface area contributed by atoms with Crippen LogP contribution in [0.1, 0.15) is 96.1 Å². The lowest BCUT2D eigenvalue weighted by Gasteiger charge is -2.12. The van der Waals surface area contributed by atoms with E-state index in [0.29, 0.717) is 0 Å². The standard InChI is InChI=1S/C25H39NO/c1-3-4-5-6-7-8-9-10-11-12-13-14-15-18-22-21-25(27)23-19-16-17-20-24(23)26(22)2/h16-17,19-21H,3-15,18H2,1-2H3. The maximum atomic E-state index is 12.3. The summed E-state index contributed by atoms with van der Waals surface area (Å²) < 4.78 is 2.19. The molecule has 0 aliphatic heterocycles. The fraction of sp³-hybridized carbons (Fsp3) is 0.640. The Bertz CT molecular complexity index is 716. The van der Waals surface area contributed by atoms with Crippen LogP contribution in [0.4, 0.5) is 0 Å². The molecule has 2 aromatic rings. The monoisotopic (exact) mass is 369 g/mol. The van der Waals surface area contributed by atoms with Crippen molar-refractivity contribution < 1.29 is 0 Å². The molecule has 0 saturated heterocycles. The van der Waals surface area contributed by atoms with Crippen molar-refractivity contribution in [2.75, 3.05) is 0 Å². The maximum Gasteiger partial charge on any atom is 0.189 e. The third kappa shape index (κ3) is 7.52. The largest absolute Gasteiger partial charge is 0.347 e. The predicted molar refractivity (Wildman–Crippen MR) is 119 cm³/mol. The molecular formula is C25H39NO. The van der Waals surface area contributed by atoms with Gasteiger partial charge < -0.3 is 4.57 Å². The van der Waals surface area contributed by atoms with E-state index in [9.17, 15) is 4.79 Å². The molecule has 0 saturated carbocycles. The molecule has 1 aromatic carbocycles. The normalized spacial score (nSPS) is 11.3. The van der Waals surface area contributed by atoms with Crippen LogP contribution in [0, 0.1) is 0 Å². The van der Waals surface area contributed by atoms with Gasteiger partial charge in [-0.3, -0.25) is 4.79 Å². The van der Waals surface area contributed by atoms with Crippen LogP contribution in [0.2, 0.25) is 0 Å². The lowest BCUT2D eigenvalue weighted by molar-refractivity contribution is 0.538. The van der Waals surface area contributed by atoms with E-state index in [-0.39, 0.29) is 5.43 Å². The van der Waals surface area contributed by atoms with Crippen molar-refractivity contribution in [1.29, 1.82) is 0 Å². The molecule has 0 unspecified atom stereocenters. The molecule has 150 valence electrons. The average molecular weight is 370 g/mol. The number of unbranched alkanes of at least 4 members (excludes halogenated alkanes) is 12. The molecule has 0 fully saturated rings. The van der Waals surface area contributed by atoms with Gasteiger partial charge in [0.2, 0.25) is 0 Å². The summed E-state index contributed by atoms with van der Waals surface area (Å²) in [6, 6.07) is 9.76. The third-order valence-corrected chi connectivity index (χ3v) is 5.80. The van der Waals surface area contributed by atoms with Crippen molar-refractivity contribution in [3.63, 3.8) is 0 Å². The summed E-state index contributed by atoms with van der Waals surface area (Å²) in [5.41, 5.74) is 2.38. The summed E-state index contributed by atoms with van der Waals surface area (Å²) >= 11 is 0. The van der Waals surface area contributed by atoms with Gasteiger partial charge in [-0.25, -0.2) is 0 Å². The molecule has 0 radical (unpaired) electrons. The van der Waals surface area contributed by atoms with Crippen LogP contribution >= 0.6 is 0 Å². The summed E-state index contributed by atoms with van der Waals surface area (Å²) in [6.45, 7) is 2.28. The second-order valence-electron chi connectivity index (χ2n) is 8.07. The number of para-hydroxylation sites is 1. The fourth-order valence-electron chi connectivity index (χ4n) is 4.02. The van der Waals surface area contributed by atoms with Gasteiger partial charge in [0.1, 0.15) is 0 Å². The van der Waals surface area contributed by atoms with Crippen LogP contribution in [-0.2, 0) is 13.5 Å². The Morgan fingerprint density at radius 3 is 1.85 bits per heavy atom. The van der Waals surface area contributed by atoms with Gasteiger partial charge in [-0.1, -0.05) is 96.1 Å². The number of aryl methyl sites for hydroxylation is 2. The van der Waals surface area contributed by atoms with Gasteiger partial charge in [0, 0.05) is 24.2 Å². The maximum absolute atomic E-state index is 12.3. The number of hydrogen-bond donors (Lipinski definition) is 0. The van der Waals surface area contributed by atoms with Crippen LogP contribution in [-0.4, -0.2) is 4.57 Å². The van der Waals surface area contributed by atoms with Crippen molar-refractivity contribution in [2.45, 2.75) is 96.8 Å². The molecule has 27 heavy (non-hydrogen) atoms. The third-order valence-electron chi connectivity index (χ3n) is 5.80. The number of pyridine rings is 1. The Balaban J connectivity index is 1.56. The number of benzene rings is 1. The number of rotatable bonds is 14. The summed E-state index contributed by atoms with van der Waals surface area (Å²) in [5.74, 6) is 0. The quantitative estimate of drug-likeness (QED) is 0.323. The number of fused-ring (bicyclic) bond motifs is 1. The van der Waals surface area contributed by atoms with E-state index in [1.54, 1.807) is 0 Å². The Hall–Kier alpha value is -1.57. The minimum absolute atomic E-state index is 0.161. The molecular weight excluding hydrogens is 330 g/mol. The van der Waals surface area contributed by atoms with Gasteiger partial charge in [-0.05, 0) is 25.0 Å². The van der Waals surface area contributed by atoms with Gasteiger partial charge in [0.05, 0.1) is 5.52 Å².